The van der Waals surface area contributed by atoms with Gasteiger partial charge in [-0.3, -0.25) is 0 Å². The summed E-state index contributed by atoms with van der Waals surface area (Å²) in [5.41, 5.74) is 0.857. The van der Waals surface area contributed by atoms with Gasteiger partial charge in [0.1, 0.15) is 0 Å². The fourth-order valence-corrected chi connectivity index (χ4v) is 1.56. The number of halogens is 5. The monoisotopic (exact) mass is 315 g/mol. The van der Waals surface area contributed by atoms with E-state index in [1.807, 2.05) is 0 Å². The molecule has 0 aliphatic carbocycles. The molecule has 1 nitrogen and oxygen atoms in total. The van der Waals surface area contributed by atoms with Gasteiger partial charge in [-0.05, 0) is 33.6 Å². The van der Waals surface area contributed by atoms with Crippen LogP contribution in [0, 0.1) is 0 Å². The summed E-state index contributed by atoms with van der Waals surface area (Å²) >= 11 is 9.08. The molecule has 0 saturated heterocycles. The van der Waals surface area contributed by atoms with Gasteiger partial charge in [0, 0.05) is 17.6 Å². The van der Waals surface area contributed by atoms with Gasteiger partial charge in [-0.2, -0.15) is 13.2 Å². The second-order valence-electron chi connectivity index (χ2n) is 3.29. The van der Waals surface area contributed by atoms with Gasteiger partial charge < -0.3 is 5.32 Å². The van der Waals surface area contributed by atoms with Crippen molar-refractivity contribution in [1.29, 1.82) is 0 Å². The maximum Gasteiger partial charge on any atom is 0.390 e. The Labute approximate surface area is 105 Å². The maximum absolute atomic E-state index is 11.8. The first kappa shape index (κ1) is 13.8. The van der Waals surface area contributed by atoms with E-state index in [4.69, 9.17) is 11.6 Å². The van der Waals surface area contributed by atoms with Gasteiger partial charge in [0.2, 0.25) is 0 Å². The van der Waals surface area contributed by atoms with Crippen LogP contribution < -0.4 is 5.32 Å². The number of alkyl halides is 3. The molecule has 0 atom stereocenters. The fourth-order valence-electron chi connectivity index (χ4n) is 1.11. The molecule has 0 radical (unpaired) electrons. The van der Waals surface area contributed by atoms with Crippen LogP contribution in [-0.2, 0) is 6.54 Å². The van der Waals surface area contributed by atoms with Crippen molar-refractivity contribution >= 4 is 27.5 Å². The molecule has 1 aromatic carbocycles. The van der Waals surface area contributed by atoms with Gasteiger partial charge in [-0.15, -0.1) is 0 Å². The Balaban J connectivity index is 2.35. The minimum atomic E-state index is -4.11. The smallest absolute Gasteiger partial charge is 0.312 e. The van der Waals surface area contributed by atoms with Crippen LogP contribution >= 0.6 is 27.5 Å². The van der Waals surface area contributed by atoms with Crippen LogP contribution in [0.1, 0.15) is 12.0 Å². The summed E-state index contributed by atoms with van der Waals surface area (Å²) in [6, 6.07) is 5.28. The number of rotatable bonds is 4. The second kappa shape index (κ2) is 5.89. The number of hydrogen-bond acceptors (Lipinski definition) is 1. The molecule has 90 valence electrons. The summed E-state index contributed by atoms with van der Waals surface area (Å²) in [6.07, 6.45) is -4.93. The zero-order chi connectivity index (χ0) is 12.2. The van der Waals surface area contributed by atoms with Crippen LogP contribution in [0.4, 0.5) is 13.2 Å². The number of benzene rings is 1. The fraction of sp³-hybridized carbons (Fsp3) is 0.400. The van der Waals surface area contributed by atoms with Gasteiger partial charge >= 0.3 is 6.18 Å². The zero-order valence-electron chi connectivity index (χ0n) is 8.24. The number of hydrogen-bond donors (Lipinski definition) is 1. The summed E-state index contributed by atoms with van der Waals surface area (Å²) in [7, 11) is 0. The van der Waals surface area contributed by atoms with E-state index in [0.717, 1.165) is 10.0 Å². The lowest BCUT2D eigenvalue weighted by atomic mass is 10.2. The highest BCUT2D eigenvalue weighted by molar-refractivity contribution is 9.10. The van der Waals surface area contributed by atoms with Crippen molar-refractivity contribution in [3.05, 3.63) is 33.3 Å². The van der Waals surface area contributed by atoms with Crippen molar-refractivity contribution in [2.75, 3.05) is 6.54 Å². The molecule has 16 heavy (non-hydrogen) atoms. The standard InChI is InChI=1S/C10H10BrClF3N/c11-8-2-1-7(5-9(8)12)6-16-4-3-10(13,14)15/h1-2,5,16H,3-4,6H2. The number of nitrogens with one attached hydrogen (secondary N) is 1. The van der Waals surface area contributed by atoms with E-state index in [1.54, 1.807) is 18.2 Å². The molecule has 0 fully saturated rings. The molecule has 6 heteroatoms. The average Bonchev–Trinajstić information content (AvgIpc) is 2.17. The molecule has 0 unspecified atom stereocenters. The third-order valence-electron chi connectivity index (χ3n) is 1.90. The predicted molar refractivity (Wildman–Crippen MR) is 61.5 cm³/mol. The maximum atomic E-state index is 11.8. The topological polar surface area (TPSA) is 12.0 Å². The summed E-state index contributed by atoms with van der Waals surface area (Å²) in [6.45, 7) is 0.292. The van der Waals surface area contributed by atoms with Crippen molar-refractivity contribution in [3.8, 4) is 0 Å². The van der Waals surface area contributed by atoms with Gasteiger partial charge in [-0.25, -0.2) is 0 Å². The SMILES string of the molecule is FC(F)(F)CCNCc1ccc(Br)c(Cl)c1. The Kier molecular flexibility index (Phi) is 5.08. The summed E-state index contributed by atoms with van der Waals surface area (Å²) < 4.78 is 36.3. The van der Waals surface area contributed by atoms with Gasteiger partial charge in [0.15, 0.2) is 0 Å². The van der Waals surface area contributed by atoms with Crippen molar-refractivity contribution < 1.29 is 13.2 Å². The van der Waals surface area contributed by atoms with Crippen LogP contribution in [0.25, 0.3) is 0 Å². The van der Waals surface area contributed by atoms with Crippen LogP contribution in [0.2, 0.25) is 5.02 Å². The molecule has 1 N–H and O–H groups in total. The van der Waals surface area contributed by atoms with Crippen LogP contribution in [0.15, 0.2) is 22.7 Å². The first-order chi connectivity index (χ1) is 7.38. The molecule has 0 aliphatic heterocycles. The minimum absolute atomic E-state index is 0.0861. The first-order valence-electron chi connectivity index (χ1n) is 4.60. The van der Waals surface area contributed by atoms with Crippen LogP contribution in [-0.4, -0.2) is 12.7 Å². The van der Waals surface area contributed by atoms with E-state index in [2.05, 4.69) is 21.2 Å². The van der Waals surface area contributed by atoms with Crippen LogP contribution in [0.5, 0.6) is 0 Å². The highest BCUT2D eigenvalue weighted by atomic mass is 79.9. The van der Waals surface area contributed by atoms with Crippen molar-refractivity contribution in [2.24, 2.45) is 0 Å². The van der Waals surface area contributed by atoms with Crippen LogP contribution in [0.3, 0.4) is 0 Å². The summed E-state index contributed by atoms with van der Waals surface area (Å²) in [5, 5.41) is 3.26. The largest absolute Gasteiger partial charge is 0.390 e. The van der Waals surface area contributed by atoms with Crippen molar-refractivity contribution in [1.82, 2.24) is 5.32 Å². The van der Waals surface area contributed by atoms with Gasteiger partial charge in [0.25, 0.3) is 0 Å². The highest BCUT2D eigenvalue weighted by Crippen LogP contribution is 2.23. The van der Waals surface area contributed by atoms with E-state index < -0.39 is 12.6 Å². The average molecular weight is 317 g/mol. The highest BCUT2D eigenvalue weighted by Gasteiger charge is 2.25. The molecule has 0 saturated carbocycles. The van der Waals surface area contributed by atoms with E-state index in [1.165, 1.54) is 0 Å². The Morgan fingerprint density at radius 2 is 2.00 bits per heavy atom. The lowest BCUT2D eigenvalue weighted by Gasteiger charge is -2.08. The molecular formula is C10H10BrClF3N. The van der Waals surface area contributed by atoms with E-state index in [-0.39, 0.29) is 6.54 Å². The quantitative estimate of drug-likeness (QED) is 0.823. The summed E-state index contributed by atoms with van der Waals surface area (Å²) in [5.74, 6) is 0. The second-order valence-corrected chi connectivity index (χ2v) is 4.55. The Morgan fingerprint density at radius 1 is 1.31 bits per heavy atom. The minimum Gasteiger partial charge on any atom is -0.312 e. The molecule has 0 heterocycles. The molecule has 0 amide bonds. The van der Waals surface area contributed by atoms with E-state index in [9.17, 15) is 13.2 Å². The molecule has 0 aromatic heterocycles. The molecule has 1 aromatic rings. The van der Waals surface area contributed by atoms with Gasteiger partial charge in [0.05, 0.1) is 11.4 Å². The Morgan fingerprint density at radius 3 is 2.56 bits per heavy atom. The summed E-state index contributed by atoms with van der Waals surface area (Å²) in [4.78, 5) is 0. The normalized spacial score (nSPS) is 11.8. The van der Waals surface area contributed by atoms with Crippen molar-refractivity contribution in [2.45, 2.75) is 19.1 Å². The Bertz CT molecular complexity index is 354. The third kappa shape index (κ3) is 5.18. The molecular weight excluding hydrogens is 306 g/mol. The van der Waals surface area contributed by atoms with Gasteiger partial charge in [-0.1, -0.05) is 17.7 Å². The zero-order valence-corrected chi connectivity index (χ0v) is 10.6. The molecule has 0 spiro atoms. The third-order valence-corrected chi connectivity index (χ3v) is 3.13. The molecule has 0 aliphatic rings. The molecule has 0 bridgehead atoms. The first-order valence-corrected chi connectivity index (χ1v) is 5.77. The Hall–Kier alpha value is -0.260. The van der Waals surface area contributed by atoms with E-state index >= 15 is 0 Å². The van der Waals surface area contributed by atoms with Crippen molar-refractivity contribution in [3.63, 3.8) is 0 Å². The predicted octanol–water partition coefficient (Wildman–Crippen LogP) is 4.14. The lowest BCUT2D eigenvalue weighted by molar-refractivity contribution is -0.133. The lowest BCUT2D eigenvalue weighted by Crippen LogP contribution is -2.21. The molecule has 1 rings (SSSR count). The van der Waals surface area contributed by atoms with E-state index in [0.29, 0.717) is 11.6 Å².